The third kappa shape index (κ3) is 9.57. The number of aromatic nitrogens is 1. The molecule has 3 aromatic rings. The zero-order valence-corrected chi connectivity index (χ0v) is 24.0. The third-order valence-electron chi connectivity index (χ3n) is 6.82. The molecule has 0 fully saturated rings. The summed E-state index contributed by atoms with van der Waals surface area (Å²) in [5, 5.41) is 27.4. The number of benzene rings is 2. The highest BCUT2D eigenvalue weighted by atomic mass is 16.4. The van der Waals surface area contributed by atoms with E-state index in [0.29, 0.717) is 11.1 Å². The molecular formula is C30H38N6O7. The molecule has 2 aromatic carbocycles. The first kappa shape index (κ1) is 32.6. The molecular weight excluding hydrogens is 556 g/mol. The van der Waals surface area contributed by atoms with Crippen molar-refractivity contribution in [3.05, 3.63) is 65.9 Å². The normalized spacial score (nSPS) is 14.0. The Bertz CT molecular complexity index is 1450. The van der Waals surface area contributed by atoms with Crippen LogP contribution in [0.2, 0.25) is 0 Å². The molecule has 10 N–H and O–H groups in total. The lowest BCUT2D eigenvalue weighted by Gasteiger charge is -2.25. The maximum atomic E-state index is 13.4. The highest BCUT2D eigenvalue weighted by molar-refractivity contribution is 5.96. The van der Waals surface area contributed by atoms with Crippen LogP contribution in [0.1, 0.15) is 37.8 Å². The van der Waals surface area contributed by atoms with E-state index in [1.54, 1.807) is 18.3 Å². The minimum absolute atomic E-state index is 0.0206. The standard InChI is InChI=1S/C30H38N6O7/c1-16(2)11-25(30(42)43)36-28(40)23(13-18-15-33-22-6-4-3-5-20(18)22)35-29(41)24(14-26(32)38)34-27(39)21(31)12-17-7-9-19(37)10-8-17/h3-10,15-16,21,23-25,33,37H,11-14,31H2,1-2H3,(H2,32,38)(H,34,39)(H,35,41)(H,36,40)(H,42,43). The number of amides is 4. The lowest BCUT2D eigenvalue weighted by atomic mass is 10.0. The maximum absolute atomic E-state index is 13.4. The van der Waals surface area contributed by atoms with Crippen molar-refractivity contribution in [3.63, 3.8) is 0 Å². The molecule has 0 spiro atoms. The second-order valence-electron chi connectivity index (χ2n) is 10.9. The predicted octanol–water partition coefficient (Wildman–Crippen LogP) is 0.447. The van der Waals surface area contributed by atoms with Crippen molar-refractivity contribution in [3.8, 4) is 5.75 Å². The Kier molecular flexibility index (Phi) is 11.2. The molecule has 230 valence electrons. The number of hydrogen-bond acceptors (Lipinski definition) is 7. The highest BCUT2D eigenvalue weighted by Crippen LogP contribution is 2.20. The van der Waals surface area contributed by atoms with E-state index in [9.17, 15) is 34.2 Å². The van der Waals surface area contributed by atoms with Crippen LogP contribution in [-0.4, -0.2) is 69.0 Å². The average molecular weight is 595 g/mol. The monoisotopic (exact) mass is 594 g/mol. The van der Waals surface area contributed by atoms with Gasteiger partial charge in [-0.3, -0.25) is 19.2 Å². The van der Waals surface area contributed by atoms with Crippen molar-refractivity contribution in [2.24, 2.45) is 17.4 Å². The van der Waals surface area contributed by atoms with Crippen molar-refractivity contribution in [2.45, 2.75) is 63.7 Å². The van der Waals surface area contributed by atoms with Crippen LogP contribution >= 0.6 is 0 Å². The number of H-pyrrole nitrogens is 1. The van der Waals surface area contributed by atoms with Gasteiger partial charge in [-0.1, -0.05) is 44.2 Å². The molecule has 0 saturated heterocycles. The van der Waals surface area contributed by atoms with Gasteiger partial charge in [-0.2, -0.15) is 0 Å². The number of nitrogens with two attached hydrogens (primary N) is 2. The number of aliphatic carboxylic acids is 1. The smallest absolute Gasteiger partial charge is 0.326 e. The van der Waals surface area contributed by atoms with Gasteiger partial charge in [0, 0.05) is 23.5 Å². The topological polar surface area (TPSA) is 230 Å². The van der Waals surface area contributed by atoms with Crippen LogP contribution in [0.5, 0.6) is 5.75 Å². The molecule has 0 radical (unpaired) electrons. The molecule has 1 heterocycles. The number of para-hydroxylation sites is 1. The summed E-state index contributed by atoms with van der Waals surface area (Å²) < 4.78 is 0. The van der Waals surface area contributed by atoms with Gasteiger partial charge in [-0.25, -0.2) is 4.79 Å². The molecule has 13 nitrogen and oxygen atoms in total. The van der Waals surface area contributed by atoms with Gasteiger partial charge in [0.2, 0.25) is 23.6 Å². The number of phenolic OH excluding ortho intramolecular Hbond substituents is 1. The lowest BCUT2D eigenvalue weighted by molar-refractivity contribution is -0.143. The molecule has 13 heteroatoms. The van der Waals surface area contributed by atoms with Gasteiger partial charge in [0.05, 0.1) is 12.5 Å². The molecule has 0 aliphatic rings. The van der Waals surface area contributed by atoms with E-state index in [1.807, 2.05) is 38.1 Å². The predicted molar refractivity (Wildman–Crippen MR) is 158 cm³/mol. The Morgan fingerprint density at radius 1 is 0.837 bits per heavy atom. The van der Waals surface area contributed by atoms with E-state index in [-0.39, 0.29) is 30.9 Å². The summed E-state index contributed by atoms with van der Waals surface area (Å²) in [6.45, 7) is 3.63. The molecule has 4 atom stereocenters. The van der Waals surface area contributed by atoms with Gasteiger partial charge in [0.1, 0.15) is 23.9 Å². The van der Waals surface area contributed by atoms with E-state index >= 15 is 0 Å². The number of rotatable bonds is 15. The van der Waals surface area contributed by atoms with Crippen LogP contribution in [0.25, 0.3) is 10.9 Å². The zero-order valence-electron chi connectivity index (χ0n) is 24.0. The third-order valence-corrected chi connectivity index (χ3v) is 6.82. The number of carbonyl (C=O) groups is 5. The minimum Gasteiger partial charge on any atom is -0.508 e. The SMILES string of the molecule is CC(C)CC(NC(=O)C(Cc1c[nH]c2ccccc12)NC(=O)C(CC(N)=O)NC(=O)C(N)Cc1ccc(O)cc1)C(=O)O. The minimum atomic E-state index is -1.46. The summed E-state index contributed by atoms with van der Waals surface area (Å²) in [6, 6.07) is 8.37. The van der Waals surface area contributed by atoms with Crippen molar-refractivity contribution in [2.75, 3.05) is 0 Å². The number of carbonyl (C=O) groups excluding carboxylic acids is 4. The number of carboxylic acid groups (broad SMARTS) is 1. The number of primary amides is 1. The van der Waals surface area contributed by atoms with Gasteiger partial charge in [0.15, 0.2) is 0 Å². The summed E-state index contributed by atoms with van der Waals surface area (Å²) in [4.78, 5) is 66.5. The Hall–Kier alpha value is -4.91. The Morgan fingerprint density at radius 3 is 2.07 bits per heavy atom. The first-order valence-corrected chi connectivity index (χ1v) is 13.8. The molecule has 0 aliphatic carbocycles. The fourth-order valence-corrected chi connectivity index (χ4v) is 4.64. The van der Waals surface area contributed by atoms with E-state index < -0.39 is 60.2 Å². The molecule has 3 rings (SSSR count). The van der Waals surface area contributed by atoms with E-state index in [2.05, 4.69) is 20.9 Å². The number of hydrogen-bond donors (Lipinski definition) is 8. The number of carboxylic acids is 1. The van der Waals surface area contributed by atoms with Crippen molar-refractivity contribution >= 4 is 40.5 Å². The van der Waals surface area contributed by atoms with E-state index in [1.165, 1.54) is 12.1 Å². The Morgan fingerprint density at radius 2 is 1.44 bits per heavy atom. The quantitative estimate of drug-likeness (QED) is 0.123. The van der Waals surface area contributed by atoms with Gasteiger partial charge >= 0.3 is 5.97 Å². The maximum Gasteiger partial charge on any atom is 0.326 e. The Labute approximate surface area is 248 Å². The van der Waals surface area contributed by atoms with Crippen molar-refractivity contribution < 1.29 is 34.2 Å². The Balaban J connectivity index is 1.82. The highest BCUT2D eigenvalue weighted by Gasteiger charge is 2.32. The second-order valence-corrected chi connectivity index (χ2v) is 10.9. The van der Waals surface area contributed by atoms with Crippen LogP contribution in [0, 0.1) is 5.92 Å². The summed E-state index contributed by atoms with van der Waals surface area (Å²) in [5.41, 5.74) is 13.5. The zero-order chi connectivity index (χ0) is 31.7. The van der Waals surface area contributed by atoms with E-state index in [0.717, 1.165) is 10.9 Å². The van der Waals surface area contributed by atoms with Crippen molar-refractivity contribution in [1.82, 2.24) is 20.9 Å². The van der Waals surface area contributed by atoms with Crippen LogP contribution in [-0.2, 0) is 36.8 Å². The molecule has 0 bridgehead atoms. The van der Waals surface area contributed by atoms with Gasteiger partial charge in [-0.15, -0.1) is 0 Å². The number of fused-ring (bicyclic) bond motifs is 1. The summed E-state index contributed by atoms with van der Waals surface area (Å²) >= 11 is 0. The van der Waals surface area contributed by atoms with Crippen LogP contribution < -0.4 is 27.4 Å². The summed E-state index contributed by atoms with van der Waals surface area (Å²) in [6.07, 6.45) is 1.33. The molecule has 0 aliphatic heterocycles. The van der Waals surface area contributed by atoms with E-state index in [4.69, 9.17) is 11.5 Å². The lowest BCUT2D eigenvalue weighted by Crippen LogP contribution is -2.58. The number of aromatic hydroxyl groups is 1. The van der Waals surface area contributed by atoms with Gasteiger partial charge < -0.3 is 42.6 Å². The number of nitrogens with one attached hydrogen (secondary N) is 4. The van der Waals surface area contributed by atoms with Gasteiger partial charge in [-0.05, 0) is 48.1 Å². The fraction of sp³-hybridized carbons (Fsp3) is 0.367. The second kappa shape index (κ2) is 14.8. The van der Waals surface area contributed by atoms with Crippen LogP contribution in [0.3, 0.4) is 0 Å². The molecule has 4 amide bonds. The molecule has 43 heavy (non-hydrogen) atoms. The number of phenols is 1. The first-order chi connectivity index (χ1) is 20.3. The number of aromatic amines is 1. The molecule has 4 unspecified atom stereocenters. The average Bonchev–Trinajstić information content (AvgIpc) is 3.35. The van der Waals surface area contributed by atoms with Crippen molar-refractivity contribution in [1.29, 1.82) is 0 Å². The van der Waals surface area contributed by atoms with Crippen LogP contribution in [0.15, 0.2) is 54.7 Å². The first-order valence-electron chi connectivity index (χ1n) is 13.8. The summed E-state index contributed by atoms with van der Waals surface area (Å²) in [5.74, 6) is -4.46. The largest absolute Gasteiger partial charge is 0.508 e. The fourth-order valence-electron chi connectivity index (χ4n) is 4.64. The van der Waals surface area contributed by atoms with Crippen LogP contribution in [0.4, 0.5) is 0 Å². The summed E-state index contributed by atoms with van der Waals surface area (Å²) in [7, 11) is 0. The molecule has 0 saturated carbocycles. The molecule has 1 aromatic heterocycles. The van der Waals surface area contributed by atoms with Gasteiger partial charge in [0.25, 0.3) is 0 Å².